The molecule has 112 valence electrons. The van der Waals surface area contributed by atoms with E-state index in [1.165, 1.54) is 5.56 Å². The summed E-state index contributed by atoms with van der Waals surface area (Å²) >= 11 is 0. The number of hydrogen-bond acceptors (Lipinski definition) is 4. The van der Waals surface area contributed by atoms with E-state index in [1.807, 2.05) is 12.1 Å². The summed E-state index contributed by atoms with van der Waals surface area (Å²) in [7, 11) is 0. The summed E-state index contributed by atoms with van der Waals surface area (Å²) in [6.45, 7) is 6.71. The highest BCUT2D eigenvalue weighted by Gasteiger charge is 2.03. The van der Waals surface area contributed by atoms with Crippen LogP contribution in [-0.2, 0) is 6.54 Å². The van der Waals surface area contributed by atoms with Crippen LogP contribution in [0.4, 0.5) is 0 Å². The average molecular weight is 285 g/mol. The van der Waals surface area contributed by atoms with Gasteiger partial charge >= 0.3 is 0 Å². The quantitative estimate of drug-likeness (QED) is 0.757. The smallest absolute Gasteiger partial charge is 0.216 e. The lowest BCUT2D eigenvalue weighted by molar-refractivity contribution is 0.295. The van der Waals surface area contributed by atoms with Crippen molar-refractivity contribution in [1.82, 2.24) is 15.3 Å². The third-order valence-corrected chi connectivity index (χ3v) is 3.17. The number of rotatable bonds is 8. The number of aromatic nitrogens is 2. The van der Waals surface area contributed by atoms with Gasteiger partial charge in [-0.2, -0.15) is 0 Å². The number of hydrogen-bond donors (Lipinski definition) is 1. The molecule has 1 aromatic carbocycles. The summed E-state index contributed by atoms with van der Waals surface area (Å²) in [6, 6.07) is 12.3. The van der Waals surface area contributed by atoms with Gasteiger partial charge in [0.2, 0.25) is 5.88 Å². The number of nitrogens with one attached hydrogen (secondary N) is 1. The lowest BCUT2D eigenvalue weighted by Gasteiger charge is -2.08. The molecule has 2 aromatic rings. The van der Waals surface area contributed by atoms with E-state index in [0.717, 1.165) is 25.2 Å². The second-order valence-corrected chi connectivity index (χ2v) is 5.30. The van der Waals surface area contributed by atoms with Gasteiger partial charge in [-0.05, 0) is 24.4 Å². The van der Waals surface area contributed by atoms with Crippen molar-refractivity contribution in [2.45, 2.75) is 32.7 Å². The number of benzene rings is 1. The predicted octanol–water partition coefficient (Wildman–Crippen LogP) is 3.16. The molecule has 0 aliphatic carbocycles. The Morgan fingerprint density at radius 2 is 1.95 bits per heavy atom. The zero-order chi connectivity index (χ0) is 14.9. The van der Waals surface area contributed by atoms with Gasteiger partial charge in [-0.3, -0.25) is 0 Å². The minimum Gasteiger partial charge on any atom is -0.478 e. The van der Waals surface area contributed by atoms with Crippen LogP contribution in [0.15, 0.2) is 42.7 Å². The van der Waals surface area contributed by atoms with E-state index in [-0.39, 0.29) is 0 Å². The molecule has 0 unspecified atom stereocenters. The van der Waals surface area contributed by atoms with E-state index in [4.69, 9.17) is 4.74 Å². The zero-order valence-electron chi connectivity index (χ0n) is 12.7. The molecule has 0 fully saturated rings. The molecule has 4 nitrogen and oxygen atoms in total. The summed E-state index contributed by atoms with van der Waals surface area (Å²) in [5.41, 5.74) is 2.32. The first-order valence-electron chi connectivity index (χ1n) is 7.45. The minimum atomic E-state index is 0.392. The van der Waals surface area contributed by atoms with Gasteiger partial charge in [-0.1, -0.05) is 44.2 Å². The van der Waals surface area contributed by atoms with Crippen LogP contribution in [0.3, 0.4) is 0 Å². The molecule has 2 rings (SSSR count). The van der Waals surface area contributed by atoms with Crippen LogP contribution >= 0.6 is 0 Å². The second-order valence-electron chi connectivity index (χ2n) is 5.30. The Bertz CT molecular complexity index is 529. The molecule has 1 N–H and O–H groups in total. The highest BCUT2D eigenvalue weighted by Crippen LogP contribution is 2.15. The van der Waals surface area contributed by atoms with Gasteiger partial charge < -0.3 is 10.1 Å². The Morgan fingerprint density at radius 3 is 2.71 bits per heavy atom. The maximum Gasteiger partial charge on any atom is 0.216 e. The summed E-state index contributed by atoms with van der Waals surface area (Å²) in [4.78, 5) is 8.36. The standard InChI is InChI=1S/C17H23N3O/c1-14(2)16-11-17(20-13-19-16)21-10-6-9-18-12-15-7-4-3-5-8-15/h3-5,7-8,11,13-14,18H,6,9-10,12H2,1-2H3. The lowest BCUT2D eigenvalue weighted by Crippen LogP contribution is -2.17. The molecule has 1 heterocycles. The van der Waals surface area contributed by atoms with Crippen LogP contribution in [0, 0.1) is 0 Å². The fraction of sp³-hybridized carbons (Fsp3) is 0.412. The van der Waals surface area contributed by atoms with E-state index in [1.54, 1.807) is 6.33 Å². The molecule has 0 aliphatic rings. The molecular weight excluding hydrogens is 262 g/mol. The van der Waals surface area contributed by atoms with Gasteiger partial charge in [0, 0.05) is 12.6 Å². The second kappa shape index (κ2) is 8.37. The first-order valence-corrected chi connectivity index (χ1v) is 7.45. The fourth-order valence-electron chi connectivity index (χ4n) is 1.95. The summed E-state index contributed by atoms with van der Waals surface area (Å²) < 4.78 is 5.66. The molecule has 0 spiro atoms. The molecule has 4 heteroatoms. The largest absolute Gasteiger partial charge is 0.478 e. The van der Waals surface area contributed by atoms with Crippen LogP contribution in [0.5, 0.6) is 5.88 Å². The van der Waals surface area contributed by atoms with Crippen molar-refractivity contribution in [1.29, 1.82) is 0 Å². The number of ether oxygens (including phenoxy) is 1. The Labute approximate surface area is 126 Å². The van der Waals surface area contributed by atoms with Crippen molar-refractivity contribution in [3.8, 4) is 5.88 Å². The zero-order valence-corrected chi connectivity index (χ0v) is 12.7. The van der Waals surface area contributed by atoms with Crippen LogP contribution in [0.25, 0.3) is 0 Å². The summed E-state index contributed by atoms with van der Waals surface area (Å²) in [5.74, 6) is 1.06. The molecule has 0 bridgehead atoms. The fourth-order valence-corrected chi connectivity index (χ4v) is 1.95. The first kappa shape index (κ1) is 15.4. The van der Waals surface area contributed by atoms with Crippen LogP contribution in [0.1, 0.15) is 37.4 Å². The van der Waals surface area contributed by atoms with Crippen molar-refractivity contribution in [2.75, 3.05) is 13.2 Å². The maximum atomic E-state index is 5.66. The van der Waals surface area contributed by atoms with Gasteiger partial charge in [-0.25, -0.2) is 9.97 Å². The Kier molecular flexibility index (Phi) is 6.16. The molecule has 0 aliphatic heterocycles. The van der Waals surface area contributed by atoms with Crippen molar-refractivity contribution in [2.24, 2.45) is 0 Å². The third kappa shape index (κ3) is 5.52. The van der Waals surface area contributed by atoms with Gasteiger partial charge in [0.1, 0.15) is 6.33 Å². The van der Waals surface area contributed by atoms with Crippen LogP contribution in [0.2, 0.25) is 0 Å². The third-order valence-electron chi connectivity index (χ3n) is 3.17. The van der Waals surface area contributed by atoms with Crippen LogP contribution < -0.4 is 10.1 Å². The van der Waals surface area contributed by atoms with Crippen LogP contribution in [-0.4, -0.2) is 23.1 Å². The highest BCUT2D eigenvalue weighted by atomic mass is 16.5. The van der Waals surface area contributed by atoms with Gasteiger partial charge in [-0.15, -0.1) is 0 Å². The summed E-state index contributed by atoms with van der Waals surface area (Å²) in [6.07, 6.45) is 2.52. The van der Waals surface area contributed by atoms with E-state index in [9.17, 15) is 0 Å². The SMILES string of the molecule is CC(C)c1cc(OCCCNCc2ccccc2)ncn1. The molecule has 0 radical (unpaired) electrons. The molecule has 1 aromatic heterocycles. The van der Waals surface area contributed by atoms with Crippen molar-refractivity contribution >= 4 is 0 Å². The van der Waals surface area contributed by atoms with E-state index >= 15 is 0 Å². The Balaban J connectivity index is 1.62. The van der Waals surface area contributed by atoms with Crippen molar-refractivity contribution in [3.05, 3.63) is 54.0 Å². The van der Waals surface area contributed by atoms with Crippen molar-refractivity contribution < 1.29 is 4.74 Å². The van der Waals surface area contributed by atoms with E-state index in [2.05, 4.69) is 53.4 Å². The topological polar surface area (TPSA) is 47.0 Å². The molecule has 0 saturated carbocycles. The van der Waals surface area contributed by atoms with Gasteiger partial charge in [0.05, 0.1) is 12.3 Å². The normalized spacial score (nSPS) is 10.8. The highest BCUT2D eigenvalue weighted by molar-refractivity contribution is 5.16. The molecule has 21 heavy (non-hydrogen) atoms. The predicted molar refractivity (Wildman–Crippen MR) is 84.4 cm³/mol. The van der Waals surface area contributed by atoms with Gasteiger partial charge in [0.25, 0.3) is 0 Å². The maximum absolute atomic E-state index is 5.66. The molecule has 0 saturated heterocycles. The molecular formula is C17H23N3O. The number of nitrogens with zero attached hydrogens (tertiary/aromatic N) is 2. The Hall–Kier alpha value is -1.94. The van der Waals surface area contributed by atoms with Gasteiger partial charge in [0.15, 0.2) is 0 Å². The molecule has 0 atom stereocenters. The summed E-state index contributed by atoms with van der Waals surface area (Å²) in [5, 5.41) is 3.40. The first-order chi connectivity index (χ1) is 10.3. The Morgan fingerprint density at radius 1 is 1.14 bits per heavy atom. The lowest BCUT2D eigenvalue weighted by atomic mass is 10.1. The molecule has 0 amide bonds. The minimum absolute atomic E-state index is 0.392. The average Bonchev–Trinajstić information content (AvgIpc) is 2.52. The van der Waals surface area contributed by atoms with E-state index in [0.29, 0.717) is 18.4 Å². The monoisotopic (exact) mass is 285 g/mol. The van der Waals surface area contributed by atoms with Crippen molar-refractivity contribution in [3.63, 3.8) is 0 Å². The van der Waals surface area contributed by atoms with E-state index < -0.39 is 0 Å².